The molecule has 1 heterocycles. The van der Waals surface area contributed by atoms with Crippen molar-refractivity contribution in [2.45, 2.75) is 13.0 Å². The molecule has 1 amide bonds. The van der Waals surface area contributed by atoms with Gasteiger partial charge in [0.05, 0.1) is 24.7 Å². The minimum atomic E-state index is -0.919. The third kappa shape index (κ3) is 5.44. The molecule has 8 nitrogen and oxygen atoms in total. The van der Waals surface area contributed by atoms with Crippen LogP contribution in [0, 0.1) is 22.7 Å². The molecule has 2 aromatic rings. The van der Waals surface area contributed by atoms with Crippen molar-refractivity contribution in [3.8, 4) is 23.4 Å². The number of aromatic nitrogens is 2. The van der Waals surface area contributed by atoms with Crippen LogP contribution in [0.4, 0.5) is 0 Å². The number of hydrogen-bond donors (Lipinski definition) is 1. The molecule has 1 aromatic carbocycles. The van der Waals surface area contributed by atoms with Gasteiger partial charge in [-0.15, -0.1) is 0 Å². The quantitative estimate of drug-likeness (QED) is 0.434. The van der Waals surface area contributed by atoms with Gasteiger partial charge in [0, 0.05) is 29.4 Å². The SMILES string of the molecule is CNC(=O)COC(=O)/C(C#N)=C/c1cn(CCC#N)nc1-c1ccc(Cl)cc1. The van der Waals surface area contributed by atoms with E-state index >= 15 is 0 Å². The van der Waals surface area contributed by atoms with Crippen LogP contribution < -0.4 is 5.32 Å². The monoisotopic (exact) mass is 397 g/mol. The first-order valence-corrected chi connectivity index (χ1v) is 8.56. The summed E-state index contributed by atoms with van der Waals surface area (Å²) in [4.78, 5) is 23.3. The molecule has 0 aliphatic carbocycles. The van der Waals surface area contributed by atoms with Crippen LogP contribution in [0.1, 0.15) is 12.0 Å². The number of nitriles is 2. The van der Waals surface area contributed by atoms with Crippen molar-refractivity contribution in [1.82, 2.24) is 15.1 Å². The topological polar surface area (TPSA) is 121 Å². The van der Waals surface area contributed by atoms with Gasteiger partial charge in [0.1, 0.15) is 11.6 Å². The Labute approximate surface area is 166 Å². The largest absolute Gasteiger partial charge is 0.451 e. The third-order valence-electron chi connectivity index (χ3n) is 3.61. The number of likely N-dealkylation sites (N-methyl/N-ethyl adjacent to an activating group) is 1. The second kappa shape index (κ2) is 9.91. The van der Waals surface area contributed by atoms with Crippen molar-refractivity contribution in [2.75, 3.05) is 13.7 Å². The number of halogens is 1. The van der Waals surface area contributed by atoms with E-state index < -0.39 is 18.5 Å². The number of rotatable bonds is 7. The van der Waals surface area contributed by atoms with Gasteiger partial charge in [-0.3, -0.25) is 9.48 Å². The second-order valence-corrected chi connectivity index (χ2v) is 5.97. The van der Waals surface area contributed by atoms with Crippen LogP contribution in [0.15, 0.2) is 36.0 Å². The van der Waals surface area contributed by atoms with Crippen LogP contribution in [0.25, 0.3) is 17.3 Å². The Morgan fingerprint density at radius 2 is 2.04 bits per heavy atom. The summed E-state index contributed by atoms with van der Waals surface area (Å²) in [6.07, 6.45) is 3.22. The first-order valence-electron chi connectivity index (χ1n) is 8.18. The van der Waals surface area contributed by atoms with Crippen LogP contribution in [0.3, 0.4) is 0 Å². The van der Waals surface area contributed by atoms with Crippen LogP contribution in [0.2, 0.25) is 5.02 Å². The number of carbonyl (C=O) groups is 2. The van der Waals surface area contributed by atoms with Crippen LogP contribution >= 0.6 is 11.6 Å². The molecule has 0 aliphatic rings. The fourth-order valence-electron chi connectivity index (χ4n) is 2.23. The van der Waals surface area contributed by atoms with Crippen LogP contribution in [-0.2, 0) is 20.9 Å². The van der Waals surface area contributed by atoms with Gasteiger partial charge in [0.2, 0.25) is 0 Å². The van der Waals surface area contributed by atoms with E-state index in [9.17, 15) is 14.9 Å². The van der Waals surface area contributed by atoms with E-state index in [0.29, 0.717) is 22.8 Å². The summed E-state index contributed by atoms with van der Waals surface area (Å²) in [5.74, 6) is -1.41. The number of benzene rings is 1. The summed E-state index contributed by atoms with van der Waals surface area (Å²) in [6, 6.07) is 10.7. The number of nitrogens with zero attached hydrogens (tertiary/aromatic N) is 4. The summed E-state index contributed by atoms with van der Waals surface area (Å²) in [5.41, 5.74) is 1.46. The average molecular weight is 398 g/mol. The van der Waals surface area contributed by atoms with E-state index in [1.165, 1.54) is 13.1 Å². The molecule has 1 aromatic heterocycles. The highest BCUT2D eigenvalue weighted by molar-refractivity contribution is 6.30. The Hall–Kier alpha value is -3.62. The molecule has 0 spiro atoms. The lowest BCUT2D eigenvalue weighted by atomic mass is 10.1. The second-order valence-electron chi connectivity index (χ2n) is 5.53. The minimum absolute atomic E-state index is 0.254. The number of hydrogen-bond acceptors (Lipinski definition) is 6. The molecule has 0 atom stereocenters. The van der Waals surface area contributed by atoms with E-state index in [4.69, 9.17) is 21.6 Å². The van der Waals surface area contributed by atoms with Crippen molar-refractivity contribution >= 4 is 29.6 Å². The van der Waals surface area contributed by atoms with E-state index in [2.05, 4.69) is 10.4 Å². The summed E-state index contributed by atoms with van der Waals surface area (Å²) in [6.45, 7) is -0.131. The summed E-state index contributed by atoms with van der Waals surface area (Å²) in [7, 11) is 1.41. The zero-order chi connectivity index (χ0) is 20.5. The first-order chi connectivity index (χ1) is 13.5. The molecular weight excluding hydrogens is 382 g/mol. The Bertz CT molecular complexity index is 980. The normalized spacial score (nSPS) is 10.6. The lowest BCUT2D eigenvalue weighted by molar-refractivity contribution is -0.144. The van der Waals surface area contributed by atoms with Crippen LogP contribution in [-0.4, -0.2) is 35.3 Å². The van der Waals surface area contributed by atoms with Gasteiger partial charge in [0.15, 0.2) is 6.61 Å². The van der Waals surface area contributed by atoms with E-state index in [1.54, 1.807) is 41.2 Å². The Balaban J connectivity index is 2.39. The van der Waals surface area contributed by atoms with Gasteiger partial charge in [0.25, 0.3) is 5.91 Å². The highest BCUT2D eigenvalue weighted by Crippen LogP contribution is 2.26. The lowest BCUT2D eigenvalue weighted by Crippen LogP contribution is -2.25. The Kier molecular flexibility index (Phi) is 7.32. The van der Waals surface area contributed by atoms with Crippen molar-refractivity contribution in [3.05, 3.63) is 46.6 Å². The maximum absolute atomic E-state index is 12.1. The molecule has 1 N–H and O–H groups in total. The number of aryl methyl sites for hydroxylation is 1. The molecule has 0 unspecified atom stereocenters. The fraction of sp³-hybridized carbons (Fsp3) is 0.211. The summed E-state index contributed by atoms with van der Waals surface area (Å²) < 4.78 is 6.38. The predicted molar refractivity (Wildman–Crippen MR) is 102 cm³/mol. The molecule has 2 rings (SSSR count). The standard InChI is InChI=1S/C19H16ClN5O3/c1-23-17(26)12-28-19(27)14(10-22)9-15-11-25(8-2-7-21)24-18(15)13-3-5-16(20)6-4-13/h3-6,9,11H,2,8,12H2,1H3,(H,23,26)/b14-9+. The Morgan fingerprint density at radius 3 is 2.64 bits per heavy atom. The summed E-state index contributed by atoms with van der Waals surface area (Å²) in [5, 5.41) is 25.4. The molecule has 28 heavy (non-hydrogen) atoms. The molecule has 0 saturated heterocycles. The van der Waals surface area contributed by atoms with Gasteiger partial charge in [-0.2, -0.15) is 15.6 Å². The molecule has 0 radical (unpaired) electrons. The number of carbonyl (C=O) groups excluding carboxylic acids is 2. The zero-order valence-corrected chi connectivity index (χ0v) is 15.7. The molecule has 0 bridgehead atoms. The smallest absolute Gasteiger partial charge is 0.349 e. The average Bonchev–Trinajstić information content (AvgIpc) is 3.11. The maximum atomic E-state index is 12.1. The first kappa shape index (κ1) is 20.7. The van der Waals surface area contributed by atoms with Gasteiger partial charge in [-0.25, -0.2) is 4.79 Å². The van der Waals surface area contributed by atoms with Crippen molar-refractivity contribution in [3.63, 3.8) is 0 Å². The number of esters is 1. The Morgan fingerprint density at radius 1 is 1.32 bits per heavy atom. The highest BCUT2D eigenvalue weighted by Gasteiger charge is 2.16. The van der Waals surface area contributed by atoms with E-state index in [-0.39, 0.29) is 12.0 Å². The molecule has 0 saturated carbocycles. The molecule has 9 heteroatoms. The third-order valence-corrected chi connectivity index (χ3v) is 3.87. The number of ether oxygens (including phenoxy) is 1. The zero-order valence-electron chi connectivity index (χ0n) is 15.0. The molecular formula is C19H16ClN5O3. The van der Waals surface area contributed by atoms with Crippen molar-refractivity contribution < 1.29 is 14.3 Å². The molecule has 142 valence electrons. The van der Waals surface area contributed by atoms with Crippen molar-refractivity contribution in [1.29, 1.82) is 10.5 Å². The van der Waals surface area contributed by atoms with E-state index in [1.807, 2.05) is 6.07 Å². The minimum Gasteiger partial charge on any atom is -0.451 e. The highest BCUT2D eigenvalue weighted by atomic mass is 35.5. The van der Waals surface area contributed by atoms with Gasteiger partial charge in [-0.1, -0.05) is 23.7 Å². The van der Waals surface area contributed by atoms with E-state index in [0.717, 1.165) is 5.56 Å². The number of nitrogens with one attached hydrogen (secondary N) is 1. The molecule has 0 aliphatic heterocycles. The van der Waals surface area contributed by atoms with Gasteiger partial charge < -0.3 is 10.1 Å². The maximum Gasteiger partial charge on any atom is 0.349 e. The van der Waals surface area contributed by atoms with Gasteiger partial charge >= 0.3 is 5.97 Å². The van der Waals surface area contributed by atoms with Crippen molar-refractivity contribution in [2.24, 2.45) is 0 Å². The van der Waals surface area contributed by atoms with Crippen LogP contribution in [0.5, 0.6) is 0 Å². The number of amides is 1. The van der Waals surface area contributed by atoms with Gasteiger partial charge in [-0.05, 0) is 18.2 Å². The molecule has 0 fully saturated rings. The fourth-order valence-corrected chi connectivity index (χ4v) is 2.35. The lowest BCUT2D eigenvalue weighted by Gasteiger charge is -2.03. The summed E-state index contributed by atoms with van der Waals surface area (Å²) >= 11 is 5.92. The predicted octanol–water partition coefficient (Wildman–Crippen LogP) is 2.31.